The second-order valence-electron chi connectivity index (χ2n) is 3.78. The Bertz CT molecular complexity index is 373. The number of aryl methyl sites for hydroxylation is 1. The lowest BCUT2D eigenvalue weighted by atomic mass is 10.2. The van der Waals surface area contributed by atoms with Crippen molar-refractivity contribution in [2.45, 2.75) is 13.5 Å². The number of aliphatic imine (C=N–C) groups is 1. The molecule has 0 amide bonds. The molecule has 0 bridgehead atoms. The number of pyridine rings is 1. The van der Waals surface area contributed by atoms with Crippen LogP contribution in [0.5, 0.6) is 0 Å². The van der Waals surface area contributed by atoms with Crippen molar-refractivity contribution < 1.29 is 0 Å². The molecule has 0 fully saturated rings. The highest BCUT2D eigenvalue weighted by molar-refractivity contribution is 5.81. The van der Waals surface area contributed by atoms with Gasteiger partial charge in [-0.1, -0.05) is 0 Å². The quantitative estimate of drug-likeness (QED) is 0.774. The van der Waals surface area contributed by atoms with Gasteiger partial charge in [-0.05, 0) is 24.1 Å². The number of hydrogen-bond acceptors (Lipinski definition) is 4. The van der Waals surface area contributed by atoms with Crippen molar-refractivity contribution in [1.29, 1.82) is 0 Å². The van der Waals surface area contributed by atoms with Crippen LogP contribution in [0, 0.1) is 6.92 Å². The zero-order chi connectivity index (χ0) is 10.7. The van der Waals surface area contributed by atoms with Crippen LogP contribution in [-0.2, 0) is 6.54 Å². The Hall–Kier alpha value is -1.58. The van der Waals surface area contributed by atoms with Crippen LogP contribution in [0.25, 0.3) is 0 Å². The fourth-order valence-electron chi connectivity index (χ4n) is 1.58. The average molecular weight is 204 g/mol. The minimum atomic E-state index is 0.794. The van der Waals surface area contributed by atoms with Crippen LogP contribution in [0.4, 0.5) is 0 Å². The summed E-state index contributed by atoms with van der Waals surface area (Å²) in [5, 5.41) is 3.32. The van der Waals surface area contributed by atoms with Crippen LogP contribution in [0.1, 0.15) is 11.1 Å². The number of aromatic nitrogens is 1. The first-order chi connectivity index (χ1) is 7.27. The van der Waals surface area contributed by atoms with E-state index in [4.69, 9.17) is 0 Å². The summed E-state index contributed by atoms with van der Waals surface area (Å²) in [6.45, 7) is 4.79. The van der Waals surface area contributed by atoms with E-state index in [9.17, 15) is 0 Å². The monoisotopic (exact) mass is 204 g/mol. The van der Waals surface area contributed by atoms with E-state index in [1.807, 2.05) is 18.5 Å². The molecule has 4 heteroatoms. The molecule has 80 valence electrons. The zero-order valence-corrected chi connectivity index (χ0v) is 9.20. The van der Waals surface area contributed by atoms with Gasteiger partial charge in [-0.15, -0.1) is 0 Å². The van der Waals surface area contributed by atoms with E-state index in [0.29, 0.717) is 0 Å². The highest BCUT2D eigenvalue weighted by Gasteiger charge is 2.11. The minimum absolute atomic E-state index is 0.794. The van der Waals surface area contributed by atoms with E-state index >= 15 is 0 Å². The van der Waals surface area contributed by atoms with Crippen LogP contribution >= 0.6 is 0 Å². The van der Waals surface area contributed by atoms with Gasteiger partial charge in [-0.2, -0.15) is 0 Å². The van der Waals surface area contributed by atoms with Gasteiger partial charge in [0.1, 0.15) is 0 Å². The third-order valence-electron chi connectivity index (χ3n) is 2.64. The fraction of sp³-hybridized carbons (Fsp3) is 0.455. The Labute approximate surface area is 90.0 Å². The first kappa shape index (κ1) is 9.96. The van der Waals surface area contributed by atoms with Gasteiger partial charge in [-0.25, -0.2) is 0 Å². The molecule has 1 N–H and O–H groups in total. The van der Waals surface area contributed by atoms with E-state index in [1.54, 1.807) is 0 Å². The molecule has 1 aromatic heterocycles. The lowest BCUT2D eigenvalue weighted by Crippen LogP contribution is -2.35. The van der Waals surface area contributed by atoms with Crippen LogP contribution < -0.4 is 5.32 Å². The highest BCUT2D eigenvalue weighted by Crippen LogP contribution is 2.05. The van der Waals surface area contributed by atoms with Gasteiger partial charge in [-0.3, -0.25) is 9.98 Å². The molecule has 15 heavy (non-hydrogen) atoms. The van der Waals surface area contributed by atoms with Crippen molar-refractivity contribution in [2.75, 3.05) is 20.1 Å². The Balaban J connectivity index is 1.96. The van der Waals surface area contributed by atoms with Crippen molar-refractivity contribution in [1.82, 2.24) is 15.2 Å². The van der Waals surface area contributed by atoms with Crippen molar-refractivity contribution >= 4 is 5.96 Å². The predicted octanol–water partition coefficient (Wildman–Crippen LogP) is 0.781. The molecule has 0 saturated heterocycles. The topological polar surface area (TPSA) is 40.5 Å². The van der Waals surface area contributed by atoms with E-state index in [2.05, 4.69) is 34.2 Å². The van der Waals surface area contributed by atoms with Crippen molar-refractivity contribution in [3.63, 3.8) is 0 Å². The number of nitrogens with one attached hydrogen (secondary N) is 1. The first-order valence-corrected chi connectivity index (χ1v) is 5.16. The molecule has 0 aromatic carbocycles. The van der Waals surface area contributed by atoms with Crippen molar-refractivity contribution in [3.8, 4) is 0 Å². The minimum Gasteiger partial charge on any atom is -0.352 e. The highest BCUT2D eigenvalue weighted by atomic mass is 15.3. The summed E-state index contributed by atoms with van der Waals surface area (Å²) in [5.41, 5.74) is 2.49. The predicted molar refractivity (Wildman–Crippen MR) is 60.7 cm³/mol. The smallest absolute Gasteiger partial charge is 0.194 e. The second kappa shape index (κ2) is 4.29. The normalized spacial score (nSPS) is 15.3. The second-order valence-corrected chi connectivity index (χ2v) is 3.78. The summed E-state index contributed by atoms with van der Waals surface area (Å²) in [5.74, 6) is 0.984. The van der Waals surface area contributed by atoms with Crippen molar-refractivity contribution in [2.24, 2.45) is 4.99 Å². The lowest BCUT2D eigenvalue weighted by molar-refractivity contribution is 0.533. The largest absolute Gasteiger partial charge is 0.352 e. The average Bonchev–Trinajstić information content (AvgIpc) is 2.63. The molecule has 0 spiro atoms. The third-order valence-corrected chi connectivity index (χ3v) is 2.64. The SMILES string of the molecule is Cc1ccncc1CNC1=NCCN1C. The van der Waals surface area contributed by atoms with Gasteiger partial charge in [0, 0.05) is 32.5 Å². The van der Waals surface area contributed by atoms with E-state index in [0.717, 1.165) is 25.6 Å². The maximum absolute atomic E-state index is 4.37. The Morgan fingerprint density at radius 2 is 2.40 bits per heavy atom. The molecule has 0 saturated carbocycles. The van der Waals surface area contributed by atoms with E-state index in [1.165, 1.54) is 11.1 Å². The third kappa shape index (κ3) is 2.26. The van der Waals surface area contributed by atoms with Gasteiger partial charge in [0.05, 0.1) is 6.54 Å². The molecule has 2 heterocycles. The molecular weight excluding hydrogens is 188 g/mol. The molecule has 0 radical (unpaired) electrons. The summed E-state index contributed by atoms with van der Waals surface area (Å²) < 4.78 is 0. The van der Waals surface area contributed by atoms with Crippen molar-refractivity contribution in [3.05, 3.63) is 29.6 Å². The Morgan fingerprint density at radius 3 is 3.07 bits per heavy atom. The summed E-state index contributed by atoms with van der Waals surface area (Å²) in [6, 6.07) is 2.02. The molecule has 4 nitrogen and oxygen atoms in total. The van der Waals surface area contributed by atoms with Gasteiger partial charge >= 0.3 is 0 Å². The summed E-state index contributed by atoms with van der Waals surface area (Å²) in [6.07, 6.45) is 3.72. The van der Waals surface area contributed by atoms with E-state index < -0.39 is 0 Å². The molecule has 0 atom stereocenters. The molecule has 1 aromatic rings. The summed E-state index contributed by atoms with van der Waals surface area (Å²) in [4.78, 5) is 10.6. The lowest BCUT2D eigenvalue weighted by Gasteiger charge is -2.15. The van der Waals surface area contributed by atoms with Gasteiger partial charge < -0.3 is 10.2 Å². The molecule has 0 unspecified atom stereocenters. The number of likely N-dealkylation sites (N-methyl/N-ethyl adjacent to an activating group) is 1. The maximum atomic E-state index is 4.37. The maximum Gasteiger partial charge on any atom is 0.194 e. The van der Waals surface area contributed by atoms with Crippen LogP contribution in [-0.4, -0.2) is 36.0 Å². The first-order valence-electron chi connectivity index (χ1n) is 5.16. The van der Waals surface area contributed by atoms with Crippen LogP contribution in [0.3, 0.4) is 0 Å². The van der Waals surface area contributed by atoms with Crippen LogP contribution in [0.2, 0.25) is 0 Å². The molecule has 2 rings (SSSR count). The number of guanidine groups is 1. The fourth-order valence-corrected chi connectivity index (χ4v) is 1.58. The zero-order valence-electron chi connectivity index (χ0n) is 9.20. The number of nitrogens with zero attached hydrogens (tertiary/aromatic N) is 3. The number of rotatable bonds is 2. The van der Waals surface area contributed by atoms with Gasteiger partial charge in [0.25, 0.3) is 0 Å². The molecule has 1 aliphatic rings. The summed E-state index contributed by atoms with van der Waals surface area (Å²) >= 11 is 0. The van der Waals surface area contributed by atoms with E-state index in [-0.39, 0.29) is 0 Å². The summed E-state index contributed by atoms with van der Waals surface area (Å²) in [7, 11) is 2.05. The van der Waals surface area contributed by atoms with Crippen LogP contribution in [0.15, 0.2) is 23.5 Å². The van der Waals surface area contributed by atoms with Gasteiger partial charge in [0.2, 0.25) is 0 Å². The Kier molecular flexibility index (Phi) is 2.85. The van der Waals surface area contributed by atoms with Gasteiger partial charge in [0.15, 0.2) is 5.96 Å². The number of hydrogen-bond donors (Lipinski definition) is 1. The Morgan fingerprint density at radius 1 is 1.53 bits per heavy atom. The standard InChI is InChI=1S/C11H16N4/c1-9-3-4-12-7-10(9)8-14-11-13-5-6-15(11)2/h3-4,7H,5-6,8H2,1-2H3,(H,13,14). The molecule has 0 aliphatic carbocycles. The molecule has 1 aliphatic heterocycles. The molecular formula is C11H16N4.